The number of amides is 1. The summed E-state index contributed by atoms with van der Waals surface area (Å²) in [6.07, 6.45) is 4.75. The van der Waals surface area contributed by atoms with Gasteiger partial charge in [-0.15, -0.1) is 11.3 Å². The molecule has 1 aromatic carbocycles. The van der Waals surface area contributed by atoms with Crippen molar-refractivity contribution in [1.82, 2.24) is 15.6 Å². The van der Waals surface area contributed by atoms with E-state index in [4.69, 9.17) is 0 Å². The van der Waals surface area contributed by atoms with Gasteiger partial charge in [0.15, 0.2) is 5.01 Å². The minimum atomic E-state index is -0.421. The second kappa shape index (κ2) is 5.95. The van der Waals surface area contributed by atoms with Crippen LogP contribution in [0.3, 0.4) is 0 Å². The molecule has 1 aromatic heterocycles. The molecule has 2 aliphatic heterocycles. The van der Waals surface area contributed by atoms with Crippen LogP contribution in [0.5, 0.6) is 0 Å². The Morgan fingerprint density at radius 1 is 1.38 bits per heavy atom. The first kappa shape index (κ1) is 15.2. The van der Waals surface area contributed by atoms with Gasteiger partial charge in [-0.05, 0) is 25.3 Å². The van der Waals surface area contributed by atoms with Crippen LogP contribution in [0.25, 0.3) is 10.4 Å². The lowest BCUT2D eigenvalue weighted by Gasteiger charge is -2.20. The fraction of sp³-hybridized carbons (Fsp3) is 0.375. The number of hydrogen-bond donors (Lipinski definition) is 2. The number of para-hydroxylation sites is 1. The number of carbonyl (C=O) groups is 1. The summed E-state index contributed by atoms with van der Waals surface area (Å²) in [6.45, 7) is 0. The van der Waals surface area contributed by atoms with Gasteiger partial charge in [-0.1, -0.05) is 12.1 Å². The quantitative estimate of drug-likeness (QED) is 0.655. The van der Waals surface area contributed by atoms with Crippen molar-refractivity contribution in [3.8, 4) is 10.4 Å². The lowest BCUT2D eigenvalue weighted by Crippen LogP contribution is -2.42. The van der Waals surface area contributed by atoms with E-state index in [-0.39, 0.29) is 17.6 Å². The summed E-state index contributed by atoms with van der Waals surface area (Å²) in [4.78, 5) is 27.9. The molecule has 2 bridgehead atoms. The molecule has 4 rings (SSSR count). The van der Waals surface area contributed by atoms with E-state index in [9.17, 15) is 14.9 Å². The summed E-state index contributed by atoms with van der Waals surface area (Å²) in [5.74, 6) is -0.204. The topological polar surface area (TPSA) is 97.2 Å². The lowest BCUT2D eigenvalue weighted by atomic mass is 9.95. The zero-order valence-electron chi connectivity index (χ0n) is 12.8. The second-order valence-electron chi connectivity index (χ2n) is 6.17. The first-order valence-electron chi connectivity index (χ1n) is 7.88. The van der Waals surface area contributed by atoms with Crippen LogP contribution in [0.15, 0.2) is 30.5 Å². The van der Waals surface area contributed by atoms with E-state index in [0.29, 0.717) is 27.5 Å². The van der Waals surface area contributed by atoms with Crippen molar-refractivity contribution in [1.29, 1.82) is 0 Å². The average molecular weight is 344 g/mol. The Labute approximate surface area is 142 Å². The third kappa shape index (κ3) is 2.67. The highest BCUT2D eigenvalue weighted by Crippen LogP contribution is 2.34. The highest BCUT2D eigenvalue weighted by molar-refractivity contribution is 7.17. The summed E-state index contributed by atoms with van der Waals surface area (Å²) < 4.78 is 0. The fourth-order valence-corrected chi connectivity index (χ4v) is 4.41. The molecule has 0 saturated carbocycles. The van der Waals surface area contributed by atoms with Crippen LogP contribution in [0.4, 0.5) is 5.69 Å². The first-order chi connectivity index (χ1) is 11.6. The Morgan fingerprint density at radius 2 is 2.21 bits per heavy atom. The van der Waals surface area contributed by atoms with Crippen molar-refractivity contribution in [2.45, 2.75) is 37.4 Å². The number of nitrogens with one attached hydrogen (secondary N) is 2. The van der Waals surface area contributed by atoms with Crippen LogP contribution >= 0.6 is 11.3 Å². The van der Waals surface area contributed by atoms with Crippen molar-refractivity contribution in [2.24, 2.45) is 0 Å². The number of nitrogens with zero attached hydrogens (tertiary/aromatic N) is 2. The van der Waals surface area contributed by atoms with Gasteiger partial charge >= 0.3 is 0 Å². The third-order valence-electron chi connectivity index (χ3n) is 4.68. The molecule has 3 atom stereocenters. The molecule has 0 aliphatic carbocycles. The van der Waals surface area contributed by atoms with Crippen molar-refractivity contribution in [3.63, 3.8) is 0 Å². The van der Waals surface area contributed by atoms with Crippen molar-refractivity contribution >= 4 is 22.9 Å². The molecule has 8 heteroatoms. The van der Waals surface area contributed by atoms with E-state index >= 15 is 0 Å². The highest BCUT2D eigenvalue weighted by atomic mass is 32.1. The highest BCUT2D eigenvalue weighted by Gasteiger charge is 2.40. The third-order valence-corrected chi connectivity index (χ3v) is 5.71. The molecule has 0 unspecified atom stereocenters. The molecule has 2 saturated heterocycles. The number of hydrogen-bond acceptors (Lipinski definition) is 6. The molecular formula is C16H16N4O3S. The normalized spacial score (nSPS) is 24.9. The van der Waals surface area contributed by atoms with Crippen LogP contribution in [0, 0.1) is 10.1 Å². The largest absolute Gasteiger partial charge is 0.346 e. The average Bonchev–Trinajstić information content (AvgIpc) is 3.31. The van der Waals surface area contributed by atoms with Gasteiger partial charge in [-0.25, -0.2) is 4.98 Å². The number of nitro benzene ring substituents is 1. The van der Waals surface area contributed by atoms with Gasteiger partial charge in [0.05, 0.1) is 15.4 Å². The van der Waals surface area contributed by atoms with Crippen LogP contribution in [-0.2, 0) is 0 Å². The van der Waals surface area contributed by atoms with Crippen molar-refractivity contribution in [2.75, 3.05) is 0 Å². The van der Waals surface area contributed by atoms with Crippen molar-refractivity contribution < 1.29 is 9.72 Å². The van der Waals surface area contributed by atoms with Crippen LogP contribution in [-0.4, -0.2) is 33.9 Å². The molecule has 7 nitrogen and oxygen atoms in total. The predicted molar refractivity (Wildman–Crippen MR) is 90.0 cm³/mol. The van der Waals surface area contributed by atoms with E-state index in [0.717, 1.165) is 12.8 Å². The molecule has 124 valence electrons. The number of rotatable bonds is 4. The van der Waals surface area contributed by atoms with Crippen LogP contribution < -0.4 is 10.6 Å². The first-order valence-corrected chi connectivity index (χ1v) is 8.70. The molecule has 0 radical (unpaired) electrons. The fourth-order valence-electron chi connectivity index (χ4n) is 3.56. The number of aromatic nitrogens is 1. The molecule has 0 spiro atoms. The van der Waals surface area contributed by atoms with E-state index in [1.807, 2.05) is 0 Å². The predicted octanol–water partition coefficient (Wildman–Crippen LogP) is 2.34. The number of fused-ring (bicyclic) bond motifs is 2. The molecule has 2 N–H and O–H groups in total. The van der Waals surface area contributed by atoms with Crippen LogP contribution in [0.1, 0.15) is 29.1 Å². The summed E-state index contributed by atoms with van der Waals surface area (Å²) >= 11 is 1.18. The SMILES string of the molecule is O=C(N[C@@H]1C[C@H]2CC[C@@H]1N2)c1ncc(-c2ccccc2[N+](=O)[O-])s1. The number of nitro groups is 1. The summed E-state index contributed by atoms with van der Waals surface area (Å²) in [5, 5.41) is 18.0. The van der Waals surface area contributed by atoms with Gasteiger partial charge in [-0.2, -0.15) is 0 Å². The zero-order valence-corrected chi connectivity index (χ0v) is 13.6. The standard InChI is InChI=1S/C16H16N4O3S/c21-15(19-12-7-9-5-6-11(12)18-9)16-17-8-14(24-16)10-3-1-2-4-13(10)20(22)23/h1-4,8-9,11-12,18H,5-7H2,(H,19,21)/t9-,11+,12-/m1/s1. The Hall–Kier alpha value is -2.32. The molecular weight excluding hydrogens is 328 g/mol. The Kier molecular flexibility index (Phi) is 3.78. The van der Waals surface area contributed by atoms with E-state index in [1.54, 1.807) is 18.2 Å². The lowest BCUT2D eigenvalue weighted by molar-refractivity contribution is -0.384. The summed E-state index contributed by atoms with van der Waals surface area (Å²) in [7, 11) is 0. The van der Waals surface area contributed by atoms with Gasteiger partial charge in [0.2, 0.25) is 0 Å². The maximum absolute atomic E-state index is 12.4. The number of thiazole rings is 1. The Bertz CT molecular complexity index is 806. The Balaban J connectivity index is 1.53. The molecule has 2 fully saturated rings. The number of carbonyl (C=O) groups excluding carboxylic acids is 1. The molecule has 2 aromatic rings. The number of benzene rings is 1. The zero-order chi connectivity index (χ0) is 16.7. The van der Waals surface area contributed by atoms with Gasteiger partial charge in [-0.3, -0.25) is 14.9 Å². The smallest absolute Gasteiger partial charge is 0.280 e. The minimum absolute atomic E-state index is 0.0189. The molecule has 1 amide bonds. The second-order valence-corrected chi connectivity index (χ2v) is 7.20. The molecule has 24 heavy (non-hydrogen) atoms. The summed E-state index contributed by atoms with van der Waals surface area (Å²) in [5.41, 5.74) is 0.506. The van der Waals surface area contributed by atoms with E-state index < -0.39 is 4.92 Å². The molecule has 3 heterocycles. The summed E-state index contributed by atoms with van der Waals surface area (Å²) in [6, 6.07) is 7.51. The maximum Gasteiger partial charge on any atom is 0.280 e. The minimum Gasteiger partial charge on any atom is -0.346 e. The Morgan fingerprint density at radius 3 is 2.92 bits per heavy atom. The van der Waals surface area contributed by atoms with Crippen molar-refractivity contribution in [3.05, 3.63) is 45.6 Å². The maximum atomic E-state index is 12.4. The van der Waals surface area contributed by atoms with Gasteiger partial charge < -0.3 is 10.6 Å². The van der Waals surface area contributed by atoms with E-state index in [2.05, 4.69) is 15.6 Å². The monoisotopic (exact) mass is 344 g/mol. The van der Waals surface area contributed by atoms with Crippen LogP contribution in [0.2, 0.25) is 0 Å². The van der Waals surface area contributed by atoms with Gasteiger partial charge in [0, 0.05) is 30.4 Å². The van der Waals surface area contributed by atoms with Gasteiger partial charge in [0.1, 0.15) is 0 Å². The molecule has 2 aliphatic rings. The van der Waals surface area contributed by atoms with Gasteiger partial charge in [0.25, 0.3) is 11.6 Å². The van der Waals surface area contributed by atoms with E-state index in [1.165, 1.54) is 30.0 Å².